The summed E-state index contributed by atoms with van der Waals surface area (Å²) >= 11 is 0. The SMILES string of the molecule is CN1CCN(C=c2cc3c(o2)=CCC(=Nc2ncc(F)c(N[C@@H]4CCC[C@@H]4C(N)=O)n2)C3)CC1. The molecule has 1 saturated heterocycles. The number of fused-ring (bicyclic) bond motifs is 1. The molecule has 10 heteroatoms. The Hall–Kier alpha value is -3.27. The number of anilines is 1. The minimum Gasteiger partial charge on any atom is -0.456 e. The number of carbonyl (C=O) groups is 1. The van der Waals surface area contributed by atoms with Crippen LogP contribution in [0.3, 0.4) is 0 Å². The number of hydrogen-bond donors (Lipinski definition) is 2. The van der Waals surface area contributed by atoms with E-state index in [2.05, 4.69) is 49.4 Å². The summed E-state index contributed by atoms with van der Waals surface area (Å²) in [7, 11) is 2.13. The Labute approximate surface area is 197 Å². The van der Waals surface area contributed by atoms with Gasteiger partial charge in [-0.05, 0) is 32.0 Å². The molecule has 3 aliphatic rings. The largest absolute Gasteiger partial charge is 0.456 e. The molecule has 2 aliphatic carbocycles. The first-order chi connectivity index (χ1) is 16.4. The van der Waals surface area contributed by atoms with Gasteiger partial charge in [-0.1, -0.05) is 6.42 Å². The quantitative estimate of drug-likeness (QED) is 0.668. The minimum atomic E-state index is -0.574. The molecule has 1 aliphatic heterocycles. The molecule has 2 fully saturated rings. The molecule has 0 aromatic carbocycles. The van der Waals surface area contributed by atoms with Crippen molar-refractivity contribution >= 4 is 35.7 Å². The fourth-order valence-corrected chi connectivity index (χ4v) is 4.86. The number of aliphatic imine (C=N–C) groups is 1. The minimum absolute atomic E-state index is 0.0559. The standard InChI is InChI=1S/C24H30FN7O2/c1-31-7-9-32(10-8-31)14-17-12-15-11-16(5-6-21(15)34-17)28-24-27-13-19(25)23(30-24)29-20-4-2-3-18(20)22(26)33/h6,12-14,18,20H,2-5,7-11H2,1H3,(H2,26,33)(H,27,29,30)/t18-,20+/m0/s1. The molecule has 3 N–H and O–H groups in total. The molecule has 0 unspecified atom stereocenters. The third-order valence-corrected chi connectivity index (χ3v) is 6.82. The van der Waals surface area contributed by atoms with Gasteiger partial charge in [0, 0.05) is 62.5 Å². The van der Waals surface area contributed by atoms with Crippen LogP contribution in [0.1, 0.15) is 31.2 Å². The van der Waals surface area contributed by atoms with E-state index < -0.39 is 5.82 Å². The number of hydrogen-bond acceptors (Lipinski definition) is 8. The first-order valence-electron chi connectivity index (χ1n) is 11.8. The van der Waals surface area contributed by atoms with E-state index in [4.69, 9.17) is 10.2 Å². The highest BCUT2D eigenvalue weighted by molar-refractivity contribution is 5.93. The lowest BCUT2D eigenvalue weighted by Crippen LogP contribution is -2.42. The maximum absolute atomic E-state index is 14.4. The Bertz CT molecular complexity index is 1220. The zero-order chi connectivity index (χ0) is 23.7. The lowest BCUT2D eigenvalue weighted by Gasteiger charge is -2.31. The summed E-state index contributed by atoms with van der Waals surface area (Å²) in [5, 5.41) is 3.05. The van der Waals surface area contributed by atoms with E-state index in [1.54, 1.807) is 0 Å². The predicted molar refractivity (Wildman–Crippen MR) is 127 cm³/mol. The average Bonchev–Trinajstić information content (AvgIpc) is 3.44. The Morgan fingerprint density at radius 2 is 2.15 bits per heavy atom. The number of furan rings is 1. The van der Waals surface area contributed by atoms with Crippen molar-refractivity contribution in [3.8, 4) is 0 Å². The maximum atomic E-state index is 14.4. The second-order valence-corrected chi connectivity index (χ2v) is 9.33. The monoisotopic (exact) mass is 467 g/mol. The zero-order valence-corrected chi connectivity index (χ0v) is 19.3. The second-order valence-electron chi connectivity index (χ2n) is 9.33. The van der Waals surface area contributed by atoms with E-state index in [9.17, 15) is 9.18 Å². The number of aromatic nitrogens is 2. The molecule has 9 nitrogen and oxygen atoms in total. The van der Waals surface area contributed by atoms with Gasteiger partial charge >= 0.3 is 0 Å². The van der Waals surface area contributed by atoms with Gasteiger partial charge in [0.05, 0.1) is 12.1 Å². The fourth-order valence-electron chi connectivity index (χ4n) is 4.86. The molecule has 5 rings (SSSR count). The van der Waals surface area contributed by atoms with Crippen LogP contribution < -0.4 is 21.9 Å². The molecule has 0 bridgehead atoms. The van der Waals surface area contributed by atoms with Gasteiger partial charge in [0.15, 0.2) is 11.6 Å². The van der Waals surface area contributed by atoms with E-state index in [1.807, 2.05) is 6.08 Å². The number of likely N-dealkylation sites (N-methyl/N-ethyl adjacent to an activating group) is 1. The van der Waals surface area contributed by atoms with Crippen LogP contribution in [0.2, 0.25) is 0 Å². The predicted octanol–water partition coefficient (Wildman–Crippen LogP) is 0.759. The number of piperazine rings is 1. The summed E-state index contributed by atoms with van der Waals surface area (Å²) in [6, 6.07) is 1.83. The van der Waals surface area contributed by atoms with E-state index in [1.165, 1.54) is 0 Å². The van der Waals surface area contributed by atoms with Gasteiger partial charge in [-0.2, -0.15) is 4.98 Å². The molecular weight excluding hydrogens is 437 g/mol. The number of halogens is 1. The maximum Gasteiger partial charge on any atom is 0.251 e. The number of primary amides is 1. The van der Waals surface area contributed by atoms with Crippen molar-refractivity contribution in [2.75, 3.05) is 38.5 Å². The fraction of sp³-hybridized carbons (Fsp3) is 0.500. The van der Waals surface area contributed by atoms with Crippen molar-refractivity contribution in [1.29, 1.82) is 0 Å². The molecule has 1 saturated carbocycles. The summed E-state index contributed by atoms with van der Waals surface area (Å²) in [6.45, 7) is 4.05. The molecule has 0 spiro atoms. The number of carbonyl (C=O) groups excluding carboxylic acids is 1. The van der Waals surface area contributed by atoms with E-state index in [-0.39, 0.29) is 29.6 Å². The summed E-state index contributed by atoms with van der Waals surface area (Å²) in [6.07, 6.45) is 8.76. The van der Waals surface area contributed by atoms with E-state index in [0.717, 1.165) is 67.3 Å². The highest BCUT2D eigenvalue weighted by Gasteiger charge is 2.32. The lowest BCUT2D eigenvalue weighted by molar-refractivity contribution is -0.121. The van der Waals surface area contributed by atoms with Gasteiger partial charge in [-0.3, -0.25) is 4.79 Å². The van der Waals surface area contributed by atoms with E-state index >= 15 is 0 Å². The van der Waals surface area contributed by atoms with Crippen LogP contribution in [0.25, 0.3) is 12.3 Å². The Morgan fingerprint density at radius 3 is 2.94 bits per heavy atom. The van der Waals surface area contributed by atoms with Crippen LogP contribution in [-0.2, 0) is 11.2 Å². The van der Waals surface area contributed by atoms with Gasteiger partial charge in [0.2, 0.25) is 5.91 Å². The van der Waals surface area contributed by atoms with Crippen molar-refractivity contribution < 1.29 is 13.6 Å². The highest BCUT2D eigenvalue weighted by atomic mass is 19.1. The van der Waals surface area contributed by atoms with Gasteiger partial charge in [0.25, 0.3) is 5.95 Å². The van der Waals surface area contributed by atoms with Gasteiger partial charge in [-0.15, -0.1) is 0 Å². The molecule has 2 atom stereocenters. The summed E-state index contributed by atoms with van der Waals surface area (Å²) in [4.78, 5) is 29.2. The zero-order valence-electron chi connectivity index (χ0n) is 19.3. The van der Waals surface area contributed by atoms with Crippen molar-refractivity contribution in [3.05, 3.63) is 34.5 Å². The molecule has 2 aromatic heterocycles. The molecule has 1 amide bonds. The van der Waals surface area contributed by atoms with E-state index in [0.29, 0.717) is 19.3 Å². The van der Waals surface area contributed by atoms with Crippen LogP contribution in [0, 0.1) is 11.7 Å². The number of nitrogens with zero attached hydrogens (tertiary/aromatic N) is 5. The van der Waals surface area contributed by atoms with Crippen LogP contribution in [0.4, 0.5) is 16.2 Å². The molecule has 0 radical (unpaired) electrons. The van der Waals surface area contributed by atoms with Crippen molar-refractivity contribution in [1.82, 2.24) is 19.8 Å². The topological polar surface area (TPSA) is 113 Å². The Morgan fingerprint density at radius 1 is 1.32 bits per heavy atom. The van der Waals surface area contributed by atoms with Crippen LogP contribution >= 0.6 is 0 Å². The second kappa shape index (κ2) is 9.54. The Kier molecular flexibility index (Phi) is 6.32. The number of nitrogens with two attached hydrogens (primary N) is 1. The summed E-state index contributed by atoms with van der Waals surface area (Å²) < 4.78 is 20.4. The number of rotatable bonds is 5. The van der Waals surface area contributed by atoms with Crippen LogP contribution in [0.15, 0.2) is 21.7 Å². The normalized spacial score (nSPS) is 24.8. The highest BCUT2D eigenvalue weighted by Crippen LogP contribution is 2.29. The summed E-state index contributed by atoms with van der Waals surface area (Å²) in [5.74, 6) is -1.02. The van der Waals surface area contributed by atoms with Gasteiger partial charge in [0.1, 0.15) is 10.8 Å². The van der Waals surface area contributed by atoms with Crippen molar-refractivity contribution in [2.24, 2.45) is 16.6 Å². The molecule has 2 aromatic rings. The summed E-state index contributed by atoms with van der Waals surface area (Å²) in [5.41, 5.74) is 9.16. The average molecular weight is 468 g/mol. The molecule has 34 heavy (non-hydrogen) atoms. The number of nitrogens with one attached hydrogen (secondary N) is 1. The van der Waals surface area contributed by atoms with Gasteiger partial charge < -0.3 is 25.3 Å². The molecule has 180 valence electrons. The number of amides is 1. The van der Waals surface area contributed by atoms with Crippen LogP contribution in [-0.4, -0.2) is 70.7 Å². The molecular formula is C24H30FN7O2. The first kappa shape index (κ1) is 22.5. The van der Waals surface area contributed by atoms with Gasteiger partial charge in [-0.25, -0.2) is 14.4 Å². The third kappa shape index (κ3) is 4.96. The first-order valence-corrected chi connectivity index (χ1v) is 11.8. The smallest absolute Gasteiger partial charge is 0.251 e. The lowest BCUT2D eigenvalue weighted by atomic mass is 10.0. The third-order valence-electron chi connectivity index (χ3n) is 6.82. The Balaban J connectivity index is 1.30. The van der Waals surface area contributed by atoms with Crippen molar-refractivity contribution in [2.45, 2.75) is 38.1 Å². The van der Waals surface area contributed by atoms with Crippen molar-refractivity contribution in [3.63, 3.8) is 0 Å². The van der Waals surface area contributed by atoms with Crippen LogP contribution in [0.5, 0.6) is 0 Å². The molecule has 3 heterocycles.